The fraction of sp³-hybridized carbons (Fsp3) is 0.308. The highest BCUT2D eigenvalue weighted by molar-refractivity contribution is 9.10. The minimum absolute atomic E-state index is 0.453. The number of nitrogens with zero attached hydrogens (tertiary/aromatic N) is 1. The van der Waals surface area contributed by atoms with Gasteiger partial charge in [-0.15, -0.1) is 0 Å². The minimum atomic E-state index is 0.453. The van der Waals surface area contributed by atoms with E-state index in [-0.39, 0.29) is 0 Å². The van der Waals surface area contributed by atoms with Crippen LogP contribution in [0.5, 0.6) is 0 Å². The number of hydrogen-bond acceptors (Lipinski definition) is 2. The van der Waals surface area contributed by atoms with Crippen LogP contribution in [-0.2, 0) is 19.4 Å². The molecule has 3 aliphatic heterocycles. The highest BCUT2D eigenvalue weighted by atomic mass is 79.9. The van der Waals surface area contributed by atoms with Gasteiger partial charge in [-0.25, -0.2) is 0 Å². The van der Waals surface area contributed by atoms with Gasteiger partial charge in [0.25, 0.3) is 0 Å². The predicted octanol–water partition coefficient (Wildman–Crippen LogP) is 6.68. The normalized spacial score (nSPS) is 23.3. The number of para-hydroxylation sites is 1. The maximum Gasteiger partial charge on any atom is 0.0420 e. The summed E-state index contributed by atoms with van der Waals surface area (Å²) in [5.41, 5.74) is 5.59. The Morgan fingerprint density at radius 2 is 1.60 bits per heavy atom. The molecule has 4 heteroatoms. The summed E-state index contributed by atoms with van der Waals surface area (Å²) >= 11 is 7.28. The third kappa shape index (κ3) is 4.51. The molecule has 30 heavy (non-hydrogen) atoms. The Morgan fingerprint density at radius 1 is 0.867 bits per heavy atom. The van der Waals surface area contributed by atoms with Gasteiger partial charge in [0.1, 0.15) is 0 Å². The number of rotatable bonds is 4. The lowest BCUT2D eigenvalue weighted by molar-refractivity contribution is 0.0900. The summed E-state index contributed by atoms with van der Waals surface area (Å²) in [7, 11) is 0. The summed E-state index contributed by atoms with van der Waals surface area (Å²) in [6, 6.07) is 27.5. The van der Waals surface area contributed by atoms with Gasteiger partial charge in [-0.05, 0) is 72.2 Å². The number of piperidine rings is 1. The van der Waals surface area contributed by atoms with Crippen molar-refractivity contribution in [1.29, 1.82) is 0 Å². The Bertz CT molecular complexity index is 952. The Hall–Kier alpha value is -1.62. The molecular formula is C26H26Br2N2. The molecule has 1 fully saturated rings. The highest BCUT2D eigenvalue weighted by Crippen LogP contribution is 2.36. The molecule has 3 atom stereocenters. The number of nitrogens with one attached hydrogen (secondary N) is 1. The van der Waals surface area contributed by atoms with Gasteiger partial charge >= 0.3 is 0 Å². The van der Waals surface area contributed by atoms with Gasteiger partial charge in [0.15, 0.2) is 0 Å². The molecule has 3 aromatic carbocycles. The zero-order chi connectivity index (χ0) is 20.5. The first-order valence-electron chi connectivity index (χ1n) is 10.7. The van der Waals surface area contributed by atoms with Crippen LogP contribution in [0.3, 0.4) is 0 Å². The van der Waals surface area contributed by atoms with Gasteiger partial charge in [0.05, 0.1) is 0 Å². The van der Waals surface area contributed by atoms with Crippen LogP contribution in [0.25, 0.3) is 0 Å². The number of halogens is 2. The molecule has 3 unspecified atom stereocenters. The summed E-state index contributed by atoms with van der Waals surface area (Å²) in [5.74, 6) is 0.636. The van der Waals surface area contributed by atoms with Crippen molar-refractivity contribution in [2.24, 2.45) is 5.92 Å². The first kappa shape index (κ1) is 20.3. The SMILES string of the molecule is Brc1cccc(CC2CC3Cc4ccccc4NC2CN3Cc2cccc(Br)c2)c1. The third-order valence-electron chi connectivity index (χ3n) is 6.57. The second-order valence-corrected chi connectivity index (χ2v) is 10.5. The van der Waals surface area contributed by atoms with Crippen molar-refractivity contribution in [3.63, 3.8) is 0 Å². The summed E-state index contributed by atoms with van der Waals surface area (Å²) in [6.07, 6.45) is 3.46. The average molecular weight is 526 g/mol. The summed E-state index contributed by atoms with van der Waals surface area (Å²) in [4.78, 5) is 2.70. The second kappa shape index (κ2) is 8.86. The van der Waals surface area contributed by atoms with Crippen molar-refractivity contribution in [3.05, 3.63) is 98.4 Å². The Kier molecular flexibility index (Phi) is 5.99. The fourth-order valence-corrected chi connectivity index (χ4v) is 6.03. The van der Waals surface area contributed by atoms with E-state index >= 15 is 0 Å². The summed E-state index contributed by atoms with van der Waals surface area (Å²) in [6.45, 7) is 2.10. The predicted molar refractivity (Wildman–Crippen MR) is 132 cm³/mol. The van der Waals surface area contributed by atoms with Crippen LogP contribution >= 0.6 is 31.9 Å². The van der Waals surface area contributed by atoms with Crippen molar-refractivity contribution in [2.45, 2.75) is 37.9 Å². The molecule has 0 amide bonds. The zero-order valence-corrected chi connectivity index (χ0v) is 20.1. The Labute approximate surface area is 195 Å². The highest BCUT2D eigenvalue weighted by Gasteiger charge is 2.38. The van der Waals surface area contributed by atoms with Crippen LogP contribution in [0.1, 0.15) is 23.1 Å². The van der Waals surface area contributed by atoms with E-state index in [0.717, 1.165) is 30.4 Å². The van der Waals surface area contributed by atoms with Crippen LogP contribution in [0.2, 0.25) is 0 Å². The van der Waals surface area contributed by atoms with E-state index in [1.165, 1.54) is 33.3 Å². The van der Waals surface area contributed by atoms with Gasteiger partial charge in [-0.1, -0.05) is 74.3 Å². The number of benzene rings is 3. The molecule has 1 N–H and O–H groups in total. The Balaban J connectivity index is 1.43. The first-order chi connectivity index (χ1) is 14.6. The molecule has 0 aromatic heterocycles. The van der Waals surface area contributed by atoms with Crippen molar-refractivity contribution >= 4 is 37.5 Å². The molecule has 2 nitrogen and oxygen atoms in total. The lowest BCUT2D eigenvalue weighted by atomic mass is 9.78. The smallest absolute Gasteiger partial charge is 0.0420 e. The van der Waals surface area contributed by atoms with Gasteiger partial charge in [-0.3, -0.25) is 4.90 Å². The minimum Gasteiger partial charge on any atom is -0.381 e. The fourth-order valence-electron chi connectivity index (χ4n) is 5.14. The lowest BCUT2D eigenvalue weighted by Crippen LogP contribution is -2.54. The van der Waals surface area contributed by atoms with Crippen molar-refractivity contribution in [3.8, 4) is 0 Å². The molecule has 154 valence electrons. The number of hydrogen-bond donors (Lipinski definition) is 1. The second-order valence-electron chi connectivity index (χ2n) is 8.66. The molecule has 0 aliphatic carbocycles. The molecule has 3 aromatic rings. The van der Waals surface area contributed by atoms with Gasteiger partial charge in [-0.2, -0.15) is 0 Å². The van der Waals surface area contributed by atoms with E-state index in [1.807, 2.05) is 0 Å². The molecule has 3 heterocycles. The lowest BCUT2D eigenvalue weighted by Gasteiger charge is -2.47. The average Bonchev–Trinajstić information content (AvgIpc) is 2.70. The van der Waals surface area contributed by atoms with Crippen LogP contribution < -0.4 is 5.32 Å². The molecule has 3 aliphatic rings. The third-order valence-corrected chi connectivity index (χ3v) is 7.55. The maximum atomic E-state index is 3.94. The molecule has 1 saturated heterocycles. The molecular weight excluding hydrogens is 500 g/mol. The molecule has 0 saturated carbocycles. The van der Waals surface area contributed by atoms with Crippen LogP contribution in [0, 0.1) is 5.92 Å². The van der Waals surface area contributed by atoms with Crippen LogP contribution in [0.15, 0.2) is 81.7 Å². The topological polar surface area (TPSA) is 15.3 Å². The molecule has 0 radical (unpaired) electrons. The van der Waals surface area contributed by atoms with Crippen molar-refractivity contribution in [2.75, 3.05) is 11.9 Å². The first-order valence-corrected chi connectivity index (χ1v) is 12.3. The molecule has 0 spiro atoms. The van der Waals surface area contributed by atoms with E-state index in [4.69, 9.17) is 0 Å². The quantitative estimate of drug-likeness (QED) is 0.408. The van der Waals surface area contributed by atoms with Gasteiger partial charge < -0.3 is 5.32 Å². The largest absolute Gasteiger partial charge is 0.381 e. The van der Waals surface area contributed by atoms with Gasteiger partial charge in [0.2, 0.25) is 0 Å². The molecule has 2 bridgehead atoms. The van der Waals surface area contributed by atoms with E-state index < -0.39 is 0 Å². The number of anilines is 1. The van der Waals surface area contributed by atoms with Crippen LogP contribution in [-0.4, -0.2) is 23.5 Å². The zero-order valence-electron chi connectivity index (χ0n) is 16.9. The maximum absolute atomic E-state index is 3.94. The Morgan fingerprint density at radius 3 is 2.40 bits per heavy atom. The molecule has 6 rings (SSSR count). The van der Waals surface area contributed by atoms with Crippen LogP contribution in [0.4, 0.5) is 5.69 Å². The summed E-state index contributed by atoms with van der Waals surface area (Å²) < 4.78 is 2.33. The van der Waals surface area contributed by atoms with Gasteiger partial charge in [0, 0.05) is 39.8 Å². The van der Waals surface area contributed by atoms with E-state index in [2.05, 4.69) is 115 Å². The standard InChI is InChI=1S/C26H26Br2N2/c27-22-8-3-5-18(12-22)11-21-15-24-14-20-7-1-2-10-25(20)29-26(21)17-30(24)16-19-6-4-9-23(28)13-19/h1-10,12-13,21,24,26,29H,11,14-17H2. The monoisotopic (exact) mass is 524 g/mol. The van der Waals surface area contributed by atoms with E-state index in [0.29, 0.717) is 18.0 Å². The van der Waals surface area contributed by atoms with E-state index in [1.54, 1.807) is 0 Å². The van der Waals surface area contributed by atoms with E-state index in [9.17, 15) is 0 Å². The van der Waals surface area contributed by atoms with Crippen molar-refractivity contribution in [1.82, 2.24) is 4.90 Å². The summed E-state index contributed by atoms with van der Waals surface area (Å²) in [5, 5.41) is 3.94. The van der Waals surface area contributed by atoms with Crippen molar-refractivity contribution < 1.29 is 0 Å². The number of fused-ring (bicyclic) bond motifs is 2.